The molecule has 0 bridgehead atoms. The first-order valence-electron chi connectivity index (χ1n) is 10.6. The molecule has 0 fully saturated rings. The number of ether oxygens (including phenoxy) is 1. The number of nitrogens with one attached hydrogen (secondary N) is 1. The van der Waals surface area contributed by atoms with Crippen molar-refractivity contribution >= 4 is 44.9 Å². The second kappa shape index (κ2) is 10.2. The quantitative estimate of drug-likeness (QED) is 0.273. The summed E-state index contributed by atoms with van der Waals surface area (Å²) in [6.07, 6.45) is 0.577. The number of hydrogen-bond acceptors (Lipinski definition) is 6. The normalized spacial score (nSPS) is 12.0. The molecule has 0 saturated heterocycles. The average molecular weight is 480 g/mol. The number of hydrogen-bond donors (Lipinski definition) is 1. The fourth-order valence-corrected chi connectivity index (χ4v) is 5.23. The van der Waals surface area contributed by atoms with Gasteiger partial charge in [0.05, 0.1) is 30.1 Å². The molecule has 0 saturated carbocycles. The second-order valence-corrected chi connectivity index (χ2v) is 9.70. The zero-order chi connectivity index (χ0) is 23.4. The molecular formula is C25H25N3O3S2. The number of aromatic nitrogens is 2. The van der Waals surface area contributed by atoms with Crippen molar-refractivity contribution in [1.29, 1.82) is 0 Å². The molecule has 1 amide bonds. The maximum absolute atomic E-state index is 13.3. The molecule has 0 aliphatic rings. The molecule has 6 nitrogen and oxygen atoms in total. The average Bonchev–Trinajstić information content (AvgIpc) is 3.30. The third-order valence-electron chi connectivity index (χ3n) is 5.27. The Morgan fingerprint density at radius 3 is 2.67 bits per heavy atom. The summed E-state index contributed by atoms with van der Waals surface area (Å²) in [6, 6.07) is 17.2. The van der Waals surface area contributed by atoms with Gasteiger partial charge in [0.15, 0.2) is 5.16 Å². The van der Waals surface area contributed by atoms with Crippen LogP contribution in [0, 0.1) is 6.92 Å². The number of anilines is 1. The van der Waals surface area contributed by atoms with Crippen LogP contribution in [0.4, 0.5) is 5.69 Å². The fraction of sp³-hybridized carbons (Fsp3) is 0.240. The zero-order valence-corrected chi connectivity index (χ0v) is 20.3. The largest absolute Gasteiger partial charge is 0.495 e. The molecule has 2 aromatic carbocycles. The number of carbonyl (C=O) groups is 1. The Morgan fingerprint density at radius 1 is 1.18 bits per heavy atom. The van der Waals surface area contributed by atoms with E-state index in [2.05, 4.69) is 5.32 Å². The van der Waals surface area contributed by atoms with Crippen molar-refractivity contribution in [3.8, 4) is 5.75 Å². The SMILES string of the molecule is CC[C@@H](Sc1nc2ccsc2c(=O)n1Cc1ccc(C)cc1)C(=O)Nc1ccccc1OC. The molecule has 33 heavy (non-hydrogen) atoms. The van der Waals surface area contributed by atoms with Crippen molar-refractivity contribution in [2.75, 3.05) is 12.4 Å². The van der Waals surface area contributed by atoms with Crippen LogP contribution in [-0.2, 0) is 11.3 Å². The Labute approximate surface area is 200 Å². The number of thioether (sulfide) groups is 1. The lowest BCUT2D eigenvalue weighted by Crippen LogP contribution is -2.28. The number of benzene rings is 2. The second-order valence-electron chi connectivity index (χ2n) is 7.61. The van der Waals surface area contributed by atoms with E-state index in [9.17, 15) is 9.59 Å². The van der Waals surface area contributed by atoms with E-state index in [-0.39, 0.29) is 11.5 Å². The first kappa shape index (κ1) is 23.1. The molecule has 170 valence electrons. The van der Waals surface area contributed by atoms with E-state index >= 15 is 0 Å². The van der Waals surface area contributed by atoms with E-state index in [4.69, 9.17) is 9.72 Å². The summed E-state index contributed by atoms with van der Waals surface area (Å²) in [6.45, 7) is 4.38. The lowest BCUT2D eigenvalue weighted by atomic mass is 10.1. The lowest BCUT2D eigenvalue weighted by molar-refractivity contribution is -0.115. The van der Waals surface area contributed by atoms with Crippen LogP contribution in [0.3, 0.4) is 0 Å². The van der Waals surface area contributed by atoms with Crippen LogP contribution in [0.2, 0.25) is 0 Å². The number of fused-ring (bicyclic) bond motifs is 1. The Morgan fingerprint density at radius 2 is 1.94 bits per heavy atom. The molecule has 0 aliphatic carbocycles. The van der Waals surface area contributed by atoms with Crippen molar-refractivity contribution in [3.05, 3.63) is 81.5 Å². The topological polar surface area (TPSA) is 73.2 Å². The van der Waals surface area contributed by atoms with E-state index < -0.39 is 5.25 Å². The van der Waals surface area contributed by atoms with Crippen LogP contribution in [0.15, 0.2) is 69.9 Å². The van der Waals surface area contributed by atoms with Crippen molar-refractivity contribution < 1.29 is 9.53 Å². The van der Waals surface area contributed by atoms with Crippen molar-refractivity contribution in [2.45, 2.75) is 37.2 Å². The maximum atomic E-state index is 13.3. The van der Waals surface area contributed by atoms with Gasteiger partial charge in [0.1, 0.15) is 10.4 Å². The van der Waals surface area contributed by atoms with Crippen LogP contribution in [-0.4, -0.2) is 27.8 Å². The number of methoxy groups -OCH3 is 1. The van der Waals surface area contributed by atoms with E-state index in [0.717, 1.165) is 11.1 Å². The van der Waals surface area contributed by atoms with Crippen LogP contribution in [0.25, 0.3) is 10.2 Å². The van der Waals surface area contributed by atoms with Gasteiger partial charge in [-0.25, -0.2) is 4.98 Å². The zero-order valence-electron chi connectivity index (χ0n) is 18.7. The Hall–Kier alpha value is -3.10. The van der Waals surface area contributed by atoms with Crippen LogP contribution < -0.4 is 15.6 Å². The van der Waals surface area contributed by atoms with Gasteiger partial charge < -0.3 is 10.1 Å². The number of aryl methyl sites for hydroxylation is 1. The minimum atomic E-state index is -0.429. The van der Waals surface area contributed by atoms with Gasteiger partial charge in [-0.2, -0.15) is 0 Å². The highest BCUT2D eigenvalue weighted by Crippen LogP contribution is 2.29. The maximum Gasteiger partial charge on any atom is 0.272 e. The number of thiophene rings is 1. The molecule has 1 atom stereocenters. The van der Waals surface area contributed by atoms with Crippen molar-refractivity contribution in [1.82, 2.24) is 9.55 Å². The monoisotopic (exact) mass is 479 g/mol. The molecular weight excluding hydrogens is 454 g/mol. The number of amides is 1. The first-order valence-corrected chi connectivity index (χ1v) is 12.4. The summed E-state index contributed by atoms with van der Waals surface area (Å²) >= 11 is 2.70. The number of rotatable bonds is 8. The highest BCUT2D eigenvalue weighted by molar-refractivity contribution is 8.00. The standard InChI is InChI=1S/C25H25N3O3S2/c1-4-21(23(29)26-18-7-5-6-8-20(18)31-3)33-25-27-19-13-14-32-22(19)24(30)28(25)15-17-11-9-16(2)10-12-17/h5-14,21H,4,15H2,1-3H3,(H,26,29)/t21-/m1/s1. The predicted octanol–water partition coefficient (Wildman–Crippen LogP) is 5.33. The van der Waals surface area contributed by atoms with Crippen molar-refractivity contribution in [3.63, 3.8) is 0 Å². The van der Waals surface area contributed by atoms with Crippen LogP contribution >= 0.6 is 23.1 Å². The lowest BCUT2D eigenvalue weighted by Gasteiger charge is -2.18. The molecule has 4 rings (SSSR count). The summed E-state index contributed by atoms with van der Waals surface area (Å²) in [5.41, 5.74) is 3.36. The van der Waals surface area contributed by atoms with E-state index in [1.807, 2.05) is 61.7 Å². The number of nitrogens with zero attached hydrogens (tertiary/aromatic N) is 2. The fourth-order valence-electron chi connectivity index (χ4n) is 3.44. The Balaban J connectivity index is 1.66. The first-order chi connectivity index (χ1) is 16.0. The molecule has 4 aromatic rings. The Kier molecular flexibility index (Phi) is 7.15. The molecule has 0 aliphatic heterocycles. The predicted molar refractivity (Wildman–Crippen MR) is 136 cm³/mol. The molecule has 0 radical (unpaired) electrons. The summed E-state index contributed by atoms with van der Waals surface area (Å²) in [5.74, 6) is 0.438. The van der Waals surface area contributed by atoms with Gasteiger partial charge in [0.25, 0.3) is 5.56 Å². The summed E-state index contributed by atoms with van der Waals surface area (Å²) in [7, 11) is 1.57. The summed E-state index contributed by atoms with van der Waals surface area (Å²) in [4.78, 5) is 31.2. The van der Waals surface area contributed by atoms with E-state index in [1.165, 1.54) is 23.1 Å². The van der Waals surface area contributed by atoms with Gasteiger partial charge in [0.2, 0.25) is 5.91 Å². The third-order valence-corrected chi connectivity index (χ3v) is 7.51. The summed E-state index contributed by atoms with van der Waals surface area (Å²) < 4.78 is 7.65. The minimum Gasteiger partial charge on any atom is -0.495 e. The Bertz CT molecular complexity index is 1330. The van der Waals surface area contributed by atoms with Gasteiger partial charge in [-0.15, -0.1) is 11.3 Å². The highest BCUT2D eigenvalue weighted by Gasteiger charge is 2.23. The number of para-hydroxylation sites is 2. The molecule has 1 N–H and O–H groups in total. The molecule has 2 heterocycles. The van der Waals surface area contributed by atoms with E-state index in [1.54, 1.807) is 23.8 Å². The van der Waals surface area contributed by atoms with Crippen LogP contribution in [0.1, 0.15) is 24.5 Å². The minimum absolute atomic E-state index is 0.0851. The van der Waals surface area contributed by atoms with Crippen LogP contribution in [0.5, 0.6) is 5.75 Å². The smallest absolute Gasteiger partial charge is 0.272 e. The van der Waals surface area contributed by atoms with Gasteiger partial charge in [-0.3, -0.25) is 14.2 Å². The summed E-state index contributed by atoms with van der Waals surface area (Å²) in [5, 5.41) is 4.93. The van der Waals surface area contributed by atoms with Gasteiger partial charge in [-0.1, -0.05) is 60.6 Å². The molecule has 0 unspecified atom stereocenters. The van der Waals surface area contributed by atoms with Gasteiger partial charge in [0, 0.05) is 0 Å². The molecule has 2 aromatic heterocycles. The molecule has 8 heteroatoms. The van der Waals surface area contributed by atoms with E-state index in [0.29, 0.717) is 39.8 Å². The van der Waals surface area contributed by atoms with Gasteiger partial charge >= 0.3 is 0 Å². The highest BCUT2D eigenvalue weighted by atomic mass is 32.2. The van der Waals surface area contributed by atoms with Gasteiger partial charge in [-0.05, 0) is 42.5 Å². The third kappa shape index (κ3) is 5.12. The molecule has 0 spiro atoms. The van der Waals surface area contributed by atoms with Crippen molar-refractivity contribution in [2.24, 2.45) is 0 Å². The number of carbonyl (C=O) groups excluding carboxylic acids is 1.